The summed E-state index contributed by atoms with van der Waals surface area (Å²) < 4.78 is 24.7. The Morgan fingerprint density at radius 3 is 1.65 bits per heavy atom. The SMILES string of the molecule is CC(C)=C1c2ccccc2-c2ccccc21.CC(C)NS(=O)(=O)C1CC1. The van der Waals surface area contributed by atoms with Crippen LogP contribution in [0.4, 0.5) is 0 Å². The van der Waals surface area contributed by atoms with E-state index in [0.29, 0.717) is 0 Å². The summed E-state index contributed by atoms with van der Waals surface area (Å²) in [4.78, 5) is 0. The molecular weight excluding hydrogens is 342 g/mol. The first-order valence-electron chi connectivity index (χ1n) is 9.19. The van der Waals surface area contributed by atoms with Crippen LogP contribution in [-0.4, -0.2) is 19.7 Å². The van der Waals surface area contributed by atoms with Gasteiger partial charge in [-0.25, -0.2) is 13.1 Å². The van der Waals surface area contributed by atoms with Crippen LogP contribution in [0.5, 0.6) is 0 Å². The van der Waals surface area contributed by atoms with Crippen LogP contribution < -0.4 is 4.72 Å². The molecule has 2 aromatic rings. The Hall–Kier alpha value is -1.91. The van der Waals surface area contributed by atoms with E-state index in [4.69, 9.17) is 0 Å². The maximum absolute atomic E-state index is 11.1. The second kappa shape index (κ2) is 7.37. The number of allylic oxidation sites excluding steroid dienone is 1. The molecular formula is C22H27NO2S. The summed E-state index contributed by atoms with van der Waals surface area (Å²) in [5.74, 6) is 0. The van der Waals surface area contributed by atoms with Gasteiger partial charge in [0.15, 0.2) is 0 Å². The summed E-state index contributed by atoms with van der Waals surface area (Å²) in [6, 6.07) is 17.4. The fourth-order valence-electron chi connectivity index (χ4n) is 3.36. The standard InChI is InChI=1S/C16H14.C6H13NO2S/c1-11(2)16-14-9-5-3-7-12(14)13-8-4-6-10-15(13)16;1-5(2)7-10(8,9)6-3-4-6/h3-10H,1-2H3;5-7H,3-4H2,1-2H3. The Balaban J connectivity index is 0.000000170. The maximum Gasteiger partial charge on any atom is 0.214 e. The molecule has 1 N–H and O–H groups in total. The molecule has 0 unspecified atom stereocenters. The van der Waals surface area contributed by atoms with Crippen molar-refractivity contribution in [2.45, 2.75) is 51.8 Å². The van der Waals surface area contributed by atoms with Crippen molar-refractivity contribution in [3.8, 4) is 11.1 Å². The van der Waals surface area contributed by atoms with E-state index in [1.807, 2.05) is 13.8 Å². The monoisotopic (exact) mass is 369 g/mol. The Labute approximate surface area is 157 Å². The molecule has 138 valence electrons. The zero-order valence-corrected chi connectivity index (χ0v) is 16.7. The van der Waals surface area contributed by atoms with Crippen molar-refractivity contribution in [2.24, 2.45) is 0 Å². The molecule has 0 saturated heterocycles. The molecule has 2 aliphatic carbocycles. The number of hydrogen-bond acceptors (Lipinski definition) is 2. The number of rotatable bonds is 3. The van der Waals surface area contributed by atoms with Gasteiger partial charge in [-0.05, 0) is 68.4 Å². The summed E-state index contributed by atoms with van der Waals surface area (Å²) in [5, 5.41) is -0.0881. The topological polar surface area (TPSA) is 46.2 Å². The molecule has 1 fully saturated rings. The molecule has 0 aliphatic heterocycles. The number of fused-ring (bicyclic) bond motifs is 3. The minimum absolute atomic E-state index is 0.0330. The van der Waals surface area contributed by atoms with Crippen LogP contribution in [0.3, 0.4) is 0 Å². The van der Waals surface area contributed by atoms with E-state index in [9.17, 15) is 8.42 Å². The molecule has 1 saturated carbocycles. The van der Waals surface area contributed by atoms with E-state index < -0.39 is 10.0 Å². The van der Waals surface area contributed by atoms with Crippen molar-refractivity contribution in [3.63, 3.8) is 0 Å². The third-order valence-electron chi connectivity index (χ3n) is 4.55. The van der Waals surface area contributed by atoms with Gasteiger partial charge in [0.05, 0.1) is 5.25 Å². The van der Waals surface area contributed by atoms with Gasteiger partial charge < -0.3 is 0 Å². The van der Waals surface area contributed by atoms with Crippen molar-refractivity contribution in [2.75, 3.05) is 0 Å². The average molecular weight is 370 g/mol. The minimum atomic E-state index is -2.94. The zero-order chi connectivity index (χ0) is 18.9. The Morgan fingerprint density at radius 2 is 1.31 bits per heavy atom. The molecule has 0 aromatic heterocycles. The highest BCUT2D eigenvalue weighted by molar-refractivity contribution is 7.90. The Bertz CT molecular complexity index is 887. The maximum atomic E-state index is 11.1. The predicted molar refractivity (Wildman–Crippen MR) is 109 cm³/mol. The molecule has 2 aliphatic rings. The second-order valence-electron chi connectivity index (χ2n) is 7.48. The minimum Gasteiger partial charge on any atom is -0.212 e. The fraction of sp³-hybridized carbons (Fsp3) is 0.364. The van der Waals surface area contributed by atoms with Gasteiger partial charge in [-0.2, -0.15) is 0 Å². The lowest BCUT2D eigenvalue weighted by Gasteiger charge is -2.07. The zero-order valence-electron chi connectivity index (χ0n) is 15.9. The first-order valence-corrected chi connectivity index (χ1v) is 10.7. The van der Waals surface area contributed by atoms with Crippen molar-refractivity contribution in [3.05, 3.63) is 65.2 Å². The van der Waals surface area contributed by atoms with Crippen LogP contribution in [0, 0.1) is 0 Å². The molecule has 3 nitrogen and oxygen atoms in total. The number of sulfonamides is 1. The van der Waals surface area contributed by atoms with Crippen molar-refractivity contribution in [1.29, 1.82) is 0 Å². The van der Waals surface area contributed by atoms with E-state index in [-0.39, 0.29) is 11.3 Å². The average Bonchev–Trinajstić information content (AvgIpc) is 3.37. The highest BCUT2D eigenvalue weighted by atomic mass is 32.2. The highest BCUT2D eigenvalue weighted by Gasteiger charge is 2.35. The molecule has 0 heterocycles. The first kappa shape index (κ1) is 18.9. The van der Waals surface area contributed by atoms with Gasteiger partial charge in [-0.3, -0.25) is 0 Å². The van der Waals surface area contributed by atoms with Crippen LogP contribution in [0.15, 0.2) is 54.1 Å². The smallest absolute Gasteiger partial charge is 0.212 e. The number of benzene rings is 2. The summed E-state index contributed by atoms with van der Waals surface area (Å²) in [6.07, 6.45) is 1.67. The van der Waals surface area contributed by atoms with Crippen molar-refractivity contribution in [1.82, 2.24) is 4.72 Å². The summed E-state index contributed by atoms with van der Waals surface area (Å²) in [5.41, 5.74) is 8.29. The van der Waals surface area contributed by atoms with E-state index in [2.05, 4.69) is 67.1 Å². The molecule has 0 radical (unpaired) electrons. The lowest BCUT2D eigenvalue weighted by atomic mass is 10.00. The normalized spacial score (nSPS) is 15.2. The van der Waals surface area contributed by atoms with E-state index in [1.54, 1.807) is 0 Å². The van der Waals surface area contributed by atoms with E-state index in [0.717, 1.165) is 12.8 Å². The quantitative estimate of drug-likeness (QED) is 0.707. The van der Waals surface area contributed by atoms with Gasteiger partial charge in [0, 0.05) is 6.04 Å². The molecule has 0 bridgehead atoms. The summed E-state index contributed by atoms with van der Waals surface area (Å²) in [7, 11) is -2.94. The van der Waals surface area contributed by atoms with Gasteiger partial charge in [-0.15, -0.1) is 0 Å². The van der Waals surface area contributed by atoms with E-state index >= 15 is 0 Å². The third kappa shape index (κ3) is 3.92. The summed E-state index contributed by atoms with van der Waals surface area (Å²) >= 11 is 0. The Kier molecular flexibility index (Phi) is 5.35. The lowest BCUT2D eigenvalue weighted by molar-refractivity contribution is 0.568. The Morgan fingerprint density at radius 1 is 0.885 bits per heavy atom. The predicted octanol–water partition coefficient (Wildman–Crippen LogP) is 4.99. The molecule has 4 rings (SSSR count). The van der Waals surface area contributed by atoms with Crippen LogP contribution in [0.2, 0.25) is 0 Å². The molecule has 0 spiro atoms. The van der Waals surface area contributed by atoms with E-state index in [1.165, 1.54) is 33.4 Å². The third-order valence-corrected chi connectivity index (χ3v) is 6.70. The van der Waals surface area contributed by atoms with Crippen molar-refractivity contribution < 1.29 is 8.42 Å². The molecule has 0 amide bonds. The van der Waals surface area contributed by atoms with Gasteiger partial charge >= 0.3 is 0 Å². The summed E-state index contributed by atoms with van der Waals surface area (Å²) in [6.45, 7) is 8.04. The van der Waals surface area contributed by atoms with Crippen LogP contribution in [-0.2, 0) is 10.0 Å². The molecule has 26 heavy (non-hydrogen) atoms. The molecule has 4 heteroatoms. The van der Waals surface area contributed by atoms with Crippen molar-refractivity contribution >= 4 is 15.6 Å². The lowest BCUT2D eigenvalue weighted by Crippen LogP contribution is -2.32. The largest absolute Gasteiger partial charge is 0.214 e. The molecule has 2 aromatic carbocycles. The first-order chi connectivity index (χ1) is 12.3. The van der Waals surface area contributed by atoms with Crippen LogP contribution in [0.1, 0.15) is 51.7 Å². The van der Waals surface area contributed by atoms with Gasteiger partial charge in [0.1, 0.15) is 0 Å². The van der Waals surface area contributed by atoms with Gasteiger partial charge in [0.2, 0.25) is 10.0 Å². The van der Waals surface area contributed by atoms with Crippen LogP contribution in [0.25, 0.3) is 16.7 Å². The van der Waals surface area contributed by atoms with Crippen LogP contribution >= 0.6 is 0 Å². The highest BCUT2D eigenvalue weighted by Crippen LogP contribution is 2.45. The fourth-order valence-corrected chi connectivity index (χ4v) is 4.97. The molecule has 0 atom stereocenters. The van der Waals surface area contributed by atoms with Gasteiger partial charge in [-0.1, -0.05) is 54.1 Å². The number of hydrogen-bond donors (Lipinski definition) is 1. The second-order valence-corrected chi connectivity index (χ2v) is 9.48. The van der Waals surface area contributed by atoms with Gasteiger partial charge in [0.25, 0.3) is 0 Å². The number of nitrogens with one attached hydrogen (secondary N) is 1.